The fourth-order valence-electron chi connectivity index (χ4n) is 3.72. The third-order valence-electron chi connectivity index (χ3n) is 5.58. The summed E-state index contributed by atoms with van der Waals surface area (Å²) in [5.74, 6) is -3.54. The van der Waals surface area contributed by atoms with E-state index in [1.165, 1.54) is 17.0 Å². The predicted octanol–water partition coefficient (Wildman–Crippen LogP) is 3.75. The molecule has 4 N–H and O–H groups in total. The van der Waals surface area contributed by atoms with Crippen molar-refractivity contribution in [3.05, 3.63) is 94.8 Å². The highest BCUT2D eigenvalue weighted by molar-refractivity contribution is 6.01. The highest BCUT2D eigenvalue weighted by Crippen LogP contribution is 2.31. The van der Waals surface area contributed by atoms with Crippen LogP contribution in [0.5, 0.6) is 0 Å². The van der Waals surface area contributed by atoms with E-state index in [9.17, 15) is 23.1 Å². The fraction of sp³-hybridized carbons (Fsp3) is 0.200. The first kappa shape index (κ1) is 23.3. The van der Waals surface area contributed by atoms with Crippen molar-refractivity contribution in [1.82, 2.24) is 4.90 Å². The summed E-state index contributed by atoms with van der Waals surface area (Å²) in [6, 6.07) is 15.2. The Kier molecular flexibility index (Phi) is 6.30. The van der Waals surface area contributed by atoms with Gasteiger partial charge in [0.2, 0.25) is 0 Å². The van der Waals surface area contributed by atoms with E-state index in [-0.39, 0.29) is 36.7 Å². The van der Waals surface area contributed by atoms with Crippen LogP contribution >= 0.6 is 0 Å². The minimum atomic E-state index is -1.30. The Balaban J connectivity index is 1.50. The van der Waals surface area contributed by atoms with Gasteiger partial charge in [0.15, 0.2) is 11.6 Å². The van der Waals surface area contributed by atoms with Crippen molar-refractivity contribution in [3.8, 4) is 0 Å². The van der Waals surface area contributed by atoms with E-state index in [0.29, 0.717) is 11.1 Å². The van der Waals surface area contributed by atoms with Crippen LogP contribution < -0.4 is 11.1 Å². The highest BCUT2D eigenvalue weighted by Gasteiger charge is 2.44. The van der Waals surface area contributed by atoms with Crippen LogP contribution in [0.25, 0.3) is 0 Å². The Bertz CT molecular complexity index is 1260. The first-order chi connectivity index (χ1) is 16.2. The summed E-state index contributed by atoms with van der Waals surface area (Å²) in [6.07, 6.45) is 0. The molecule has 1 saturated heterocycles. The summed E-state index contributed by atoms with van der Waals surface area (Å²) in [6.45, 7) is 1.51. The number of benzene rings is 3. The number of hydrogen-bond donors (Lipinski definition) is 3. The van der Waals surface area contributed by atoms with Gasteiger partial charge in [0.25, 0.3) is 5.91 Å². The lowest BCUT2D eigenvalue weighted by Gasteiger charge is -2.45. The van der Waals surface area contributed by atoms with Gasteiger partial charge in [-0.1, -0.05) is 36.4 Å². The monoisotopic (exact) mass is 468 g/mol. The average molecular weight is 468 g/mol. The molecule has 1 aliphatic rings. The van der Waals surface area contributed by atoms with Gasteiger partial charge in [-0.05, 0) is 36.8 Å². The number of aliphatic hydroxyl groups is 1. The number of amides is 1. The third-order valence-corrected chi connectivity index (χ3v) is 5.58. The minimum Gasteiger partial charge on any atom is -0.384 e. The number of β-amino-alcohol motifs (C(OH)–C–C–N with tert-alkyl or cyclic N) is 1. The van der Waals surface area contributed by atoms with E-state index in [4.69, 9.17) is 5.73 Å². The smallest absolute Gasteiger partial charge is 0.256 e. The molecule has 9 heteroatoms. The molecule has 1 aliphatic heterocycles. The van der Waals surface area contributed by atoms with Crippen LogP contribution in [0.1, 0.15) is 21.5 Å². The first-order valence-electron chi connectivity index (χ1n) is 10.5. The number of nitrogens with one attached hydrogen (secondary N) is 1. The number of aryl methyl sites for hydroxylation is 1. The van der Waals surface area contributed by atoms with Gasteiger partial charge < -0.3 is 21.1 Å². The van der Waals surface area contributed by atoms with E-state index >= 15 is 0 Å². The van der Waals surface area contributed by atoms with Crippen molar-refractivity contribution in [2.24, 2.45) is 10.7 Å². The molecule has 0 bridgehead atoms. The third kappa shape index (κ3) is 4.74. The zero-order chi connectivity index (χ0) is 24.5. The average Bonchev–Trinajstić information content (AvgIpc) is 2.80. The molecule has 1 fully saturated rings. The molecule has 0 saturated carbocycles. The fourth-order valence-corrected chi connectivity index (χ4v) is 3.72. The van der Waals surface area contributed by atoms with Gasteiger partial charge in [0, 0.05) is 5.56 Å². The molecule has 3 aromatic rings. The van der Waals surface area contributed by atoms with E-state index in [2.05, 4.69) is 10.3 Å². The summed E-state index contributed by atoms with van der Waals surface area (Å²) < 4.78 is 42.8. The Hall–Kier alpha value is -3.85. The van der Waals surface area contributed by atoms with Crippen LogP contribution in [-0.4, -0.2) is 47.0 Å². The van der Waals surface area contributed by atoms with Gasteiger partial charge in [-0.15, -0.1) is 0 Å². The second-order valence-electron chi connectivity index (χ2n) is 8.35. The molecule has 4 rings (SSSR count). The number of likely N-dealkylation sites (tertiary alicyclic amines) is 1. The maximum absolute atomic E-state index is 14.6. The number of nitrogens with zero attached hydrogens (tertiary/aromatic N) is 2. The lowest BCUT2D eigenvalue weighted by atomic mass is 9.93. The normalized spacial score (nSPS) is 15.1. The number of aliphatic imine (C=N–C) groups is 1. The van der Waals surface area contributed by atoms with Gasteiger partial charge in [-0.2, -0.15) is 0 Å². The number of carbonyl (C=O) groups excluding carboxylic acids is 1. The van der Waals surface area contributed by atoms with Crippen LogP contribution in [-0.2, 0) is 0 Å². The first-order valence-corrected chi connectivity index (χ1v) is 10.5. The van der Waals surface area contributed by atoms with Crippen molar-refractivity contribution < 1.29 is 23.1 Å². The van der Waals surface area contributed by atoms with Crippen LogP contribution in [0, 0.1) is 24.4 Å². The summed E-state index contributed by atoms with van der Waals surface area (Å²) in [5.41, 5.74) is 5.24. The maximum Gasteiger partial charge on any atom is 0.256 e. The van der Waals surface area contributed by atoms with E-state index < -0.39 is 34.6 Å². The number of anilines is 2. The topological polar surface area (TPSA) is 91.0 Å². The predicted molar refractivity (Wildman–Crippen MR) is 124 cm³/mol. The summed E-state index contributed by atoms with van der Waals surface area (Å²) in [4.78, 5) is 18.5. The van der Waals surface area contributed by atoms with Crippen LogP contribution in [0.4, 0.5) is 24.5 Å². The highest BCUT2D eigenvalue weighted by atomic mass is 19.2. The standard InChI is InChI=1S/C25H23F3N4O2/c1-15-7-10-20(19(27)11-15)31-22-17(8-9-18(26)21(22)28)24(33)32-13-25(34,14-32)12-30-23(29)16-5-3-2-4-6-16/h2-11,31,34H,12-14H2,1H3,(H2,29,30). The Labute approximate surface area is 194 Å². The van der Waals surface area contributed by atoms with E-state index in [1.807, 2.05) is 18.2 Å². The number of hydrogen-bond acceptors (Lipinski definition) is 4. The number of rotatable bonds is 6. The second-order valence-corrected chi connectivity index (χ2v) is 8.35. The molecule has 0 spiro atoms. The zero-order valence-electron chi connectivity index (χ0n) is 18.4. The van der Waals surface area contributed by atoms with Crippen molar-refractivity contribution in [2.75, 3.05) is 25.0 Å². The molecule has 1 amide bonds. The molecular formula is C25H23F3N4O2. The molecule has 0 radical (unpaired) electrons. The SMILES string of the molecule is Cc1ccc(Nc2c(C(=O)N3CC(O)(CN=C(N)c4ccccc4)C3)ccc(F)c2F)c(F)c1. The molecule has 0 unspecified atom stereocenters. The second kappa shape index (κ2) is 9.18. The number of halogens is 3. The van der Waals surface area contributed by atoms with Gasteiger partial charge in [-0.3, -0.25) is 9.79 Å². The Morgan fingerprint density at radius 1 is 1.09 bits per heavy atom. The molecule has 0 aliphatic carbocycles. The quantitative estimate of drug-likeness (QED) is 0.380. The summed E-state index contributed by atoms with van der Waals surface area (Å²) >= 11 is 0. The molecular weight excluding hydrogens is 445 g/mol. The van der Waals surface area contributed by atoms with E-state index in [1.54, 1.807) is 25.1 Å². The molecule has 176 valence electrons. The van der Waals surface area contributed by atoms with Gasteiger partial charge >= 0.3 is 0 Å². The Morgan fingerprint density at radius 3 is 2.47 bits per heavy atom. The van der Waals surface area contributed by atoms with Crippen molar-refractivity contribution >= 4 is 23.1 Å². The van der Waals surface area contributed by atoms with E-state index in [0.717, 1.165) is 12.1 Å². The van der Waals surface area contributed by atoms with Gasteiger partial charge in [0.1, 0.15) is 17.3 Å². The number of nitrogens with two attached hydrogens (primary N) is 1. The van der Waals surface area contributed by atoms with Crippen LogP contribution in [0.15, 0.2) is 65.7 Å². The molecule has 1 heterocycles. The summed E-state index contributed by atoms with van der Waals surface area (Å²) in [5, 5.41) is 13.2. The Morgan fingerprint density at radius 2 is 1.79 bits per heavy atom. The van der Waals surface area contributed by atoms with Gasteiger partial charge in [-0.25, -0.2) is 13.2 Å². The molecule has 0 aromatic heterocycles. The number of carbonyl (C=O) groups is 1. The largest absolute Gasteiger partial charge is 0.384 e. The summed E-state index contributed by atoms with van der Waals surface area (Å²) in [7, 11) is 0. The van der Waals surface area contributed by atoms with Crippen LogP contribution in [0.2, 0.25) is 0 Å². The van der Waals surface area contributed by atoms with Crippen molar-refractivity contribution in [2.45, 2.75) is 12.5 Å². The molecule has 3 aromatic carbocycles. The van der Waals surface area contributed by atoms with Crippen molar-refractivity contribution in [1.29, 1.82) is 0 Å². The molecule has 6 nitrogen and oxygen atoms in total. The minimum absolute atomic E-state index is 0.0328. The number of amidine groups is 1. The van der Waals surface area contributed by atoms with Gasteiger partial charge in [0.05, 0.1) is 36.6 Å². The maximum atomic E-state index is 14.6. The lowest BCUT2D eigenvalue weighted by Crippen LogP contribution is -2.65. The molecule has 34 heavy (non-hydrogen) atoms. The van der Waals surface area contributed by atoms with Crippen molar-refractivity contribution in [3.63, 3.8) is 0 Å². The van der Waals surface area contributed by atoms with Crippen LogP contribution in [0.3, 0.4) is 0 Å². The molecule has 0 atom stereocenters. The zero-order valence-corrected chi connectivity index (χ0v) is 18.4. The lowest BCUT2D eigenvalue weighted by molar-refractivity contribution is -0.0730.